The second-order valence-corrected chi connectivity index (χ2v) is 6.83. The maximum Gasteiger partial charge on any atom is 0.114 e. The van der Waals surface area contributed by atoms with Crippen molar-refractivity contribution in [1.82, 2.24) is 14.5 Å². The molecule has 3 rings (SSSR count). The Kier molecular flexibility index (Phi) is 4.58. The second-order valence-electron chi connectivity index (χ2n) is 6.83. The van der Waals surface area contributed by atoms with Crippen LogP contribution in [0, 0.1) is 13.8 Å². The molecular formula is C20H26N4. The third kappa shape index (κ3) is 3.44. The monoisotopic (exact) mass is 322 g/mol. The number of nitrogen functional groups attached to an aromatic ring is 1. The minimum Gasteiger partial charge on any atom is -0.399 e. The van der Waals surface area contributed by atoms with Crippen molar-refractivity contribution in [3.8, 4) is 0 Å². The summed E-state index contributed by atoms with van der Waals surface area (Å²) in [7, 11) is 4.21. The number of nitrogens with zero attached hydrogens (tertiary/aromatic N) is 3. The molecule has 1 heterocycles. The Morgan fingerprint density at radius 2 is 1.71 bits per heavy atom. The summed E-state index contributed by atoms with van der Waals surface area (Å²) in [6.07, 6.45) is 0.820. The van der Waals surface area contributed by atoms with Crippen LogP contribution >= 0.6 is 0 Å². The number of hydrogen-bond donors (Lipinski definition) is 1. The van der Waals surface area contributed by atoms with E-state index in [4.69, 9.17) is 10.7 Å². The van der Waals surface area contributed by atoms with Gasteiger partial charge in [0.25, 0.3) is 0 Å². The van der Waals surface area contributed by atoms with E-state index in [0.717, 1.165) is 36.5 Å². The van der Waals surface area contributed by atoms with Crippen LogP contribution < -0.4 is 5.73 Å². The number of aromatic nitrogens is 2. The first kappa shape index (κ1) is 16.5. The first-order valence-corrected chi connectivity index (χ1v) is 8.39. The van der Waals surface area contributed by atoms with Crippen molar-refractivity contribution in [2.45, 2.75) is 26.8 Å². The van der Waals surface area contributed by atoms with Crippen LogP contribution in [-0.4, -0.2) is 35.1 Å². The van der Waals surface area contributed by atoms with Crippen molar-refractivity contribution in [2.75, 3.05) is 26.4 Å². The number of imidazole rings is 1. The summed E-state index contributed by atoms with van der Waals surface area (Å²) in [5.41, 5.74) is 12.7. The predicted molar refractivity (Wildman–Crippen MR) is 101 cm³/mol. The van der Waals surface area contributed by atoms with E-state index in [2.05, 4.69) is 61.7 Å². The van der Waals surface area contributed by atoms with E-state index >= 15 is 0 Å². The number of hydrogen-bond acceptors (Lipinski definition) is 3. The highest BCUT2D eigenvalue weighted by atomic mass is 15.1. The van der Waals surface area contributed by atoms with Gasteiger partial charge in [0.1, 0.15) is 5.82 Å². The van der Waals surface area contributed by atoms with Crippen molar-refractivity contribution in [3.63, 3.8) is 0 Å². The van der Waals surface area contributed by atoms with Gasteiger partial charge < -0.3 is 15.2 Å². The molecule has 0 unspecified atom stereocenters. The number of likely N-dealkylation sites (N-methyl/N-ethyl adjacent to an activating group) is 1. The van der Waals surface area contributed by atoms with Crippen LogP contribution in [0.5, 0.6) is 0 Å². The molecule has 1 aromatic heterocycles. The van der Waals surface area contributed by atoms with Crippen molar-refractivity contribution < 1.29 is 0 Å². The summed E-state index contributed by atoms with van der Waals surface area (Å²) in [6.45, 7) is 6.24. The number of fused-ring (bicyclic) bond motifs is 1. The molecule has 0 saturated carbocycles. The summed E-state index contributed by atoms with van der Waals surface area (Å²) in [5, 5.41) is 0. The zero-order chi connectivity index (χ0) is 17.3. The van der Waals surface area contributed by atoms with Gasteiger partial charge in [-0.3, -0.25) is 0 Å². The average molecular weight is 322 g/mol. The topological polar surface area (TPSA) is 47.1 Å². The molecule has 0 fully saturated rings. The Morgan fingerprint density at radius 1 is 1.04 bits per heavy atom. The lowest BCUT2D eigenvalue weighted by atomic mass is 10.1. The SMILES string of the molecule is Cc1cc2nc(Cc3ccc(N)cc3)n(CCN(C)C)c2cc1C. The molecule has 0 saturated heterocycles. The molecule has 3 aromatic rings. The summed E-state index contributed by atoms with van der Waals surface area (Å²) in [6, 6.07) is 12.5. The first-order valence-electron chi connectivity index (χ1n) is 8.39. The lowest BCUT2D eigenvalue weighted by Crippen LogP contribution is -2.19. The molecule has 0 atom stereocenters. The highest BCUT2D eigenvalue weighted by Gasteiger charge is 2.13. The molecule has 0 radical (unpaired) electrons. The molecule has 0 amide bonds. The Balaban J connectivity index is 2.03. The fraction of sp³-hybridized carbons (Fsp3) is 0.350. The van der Waals surface area contributed by atoms with Crippen molar-refractivity contribution in [2.24, 2.45) is 0 Å². The lowest BCUT2D eigenvalue weighted by molar-refractivity contribution is 0.384. The van der Waals surface area contributed by atoms with Gasteiger partial charge in [0.15, 0.2) is 0 Å². The zero-order valence-electron chi connectivity index (χ0n) is 15.0. The average Bonchev–Trinajstić information content (AvgIpc) is 2.84. The van der Waals surface area contributed by atoms with Gasteiger partial charge in [-0.05, 0) is 68.9 Å². The minimum absolute atomic E-state index is 0.797. The molecule has 126 valence electrons. The summed E-state index contributed by atoms with van der Waals surface area (Å²) < 4.78 is 2.36. The Labute approximate surface area is 143 Å². The third-order valence-corrected chi connectivity index (χ3v) is 4.56. The van der Waals surface area contributed by atoms with Crippen LogP contribution in [0.25, 0.3) is 11.0 Å². The number of rotatable bonds is 5. The van der Waals surface area contributed by atoms with Gasteiger partial charge in [0.2, 0.25) is 0 Å². The number of nitrogens with two attached hydrogens (primary N) is 1. The fourth-order valence-electron chi connectivity index (χ4n) is 2.93. The molecule has 0 aliphatic rings. The van der Waals surface area contributed by atoms with E-state index < -0.39 is 0 Å². The van der Waals surface area contributed by atoms with Gasteiger partial charge >= 0.3 is 0 Å². The minimum atomic E-state index is 0.797. The molecule has 2 N–H and O–H groups in total. The molecule has 0 bridgehead atoms. The molecule has 24 heavy (non-hydrogen) atoms. The Bertz CT molecular complexity index is 844. The van der Waals surface area contributed by atoms with Gasteiger partial charge in [-0.1, -0.05) is 12.1 Å². The second kappa shape index (κ2) is 6.65. The Morgan fingerprint density at radius 3 is 2.38 bits per heavy atom. The largest absolute Gasteiger partial charge is 0.399 e. The Hall–Kier alpha value is -2.33. The van der Waals surface area contributed by atoms with Crippen molar-refractivity contribution in [1.29, 1.82) is 0 Å². The standard InChI is InChI=1S/C20H26N4/c1-14-11-18-19(12-15(14)2)24(10-9-23(3)4)20(22-18)13-16-5-7-17(21)8-6-16/h5-8,11-12H,9-10,13,21H2,1-4H3. The van der Waals surface area contributed by atoms with Crippen molar-refractivity contribution >= 4 is 16.7 Å². The van der Waals surface area contributed by atoms with E-state index in [1.807, 2.05) is 12.1 Å². The van der Waals surface area contributed by atoms with Crippen LogP contribution in [0.3, 0.4) is 0 Å². The predicted octanol–water partition coefficient (Wildman–Crippen LogP) is 3.39. The van der Waals surface area contributed by atoms with Gasteiger partial charge in [-0.15, -0.1) is 0 Å². The summed E-state index contributed by atoms with van der Waals surface area (Å²) in [5.74, 6) is 1.11. The van der Waals surface area contributed by atoms with Crippen LogP contribution in [0.4, 0.5) is 5.69 Å². The maximum atomic E-state index is 5.80. The van der Waals surface area contributed by atoms with E-state index in [9.17, 15) is 0 Å². The van der Waals surface area contributed by atoms with Gasteiger partial charge in [0, 0.05) is 25.2 Å². The van der Waals surface area contributed by atoms with Crippen LogP contribution in [0.15, 0.2) is 36.4 Å². The van der Waals surface area contributed by atoms with Crippen molar-refractivity contribution in [3.05, 3.63) is 58.9 Å². The third-order valence-electron chi connectivity index (χ3n) is 4.56. The number of anilines is 1. The smallest absolute Gasteiger partial charge is 0.114 e. The quantitative estimate of drug-likeness (QED) is 0.733. The van der Waals surface area contributed by atoms with E-state index in [0.29, 0.717) is 0 Å². The lowest BCUT2D eigenvalue weighted by Gasteiger charge is -2.14. The molecule has 2 aromatic carbocycles. The molecule has 4 nitrogen and oxygen atoms in total. The summed E-state index contributed by atoms with van der Waals surface area (Å²) >= 11 is 0. The van der Waals surface area contributed by atoms with E-state index in [1.165, 1.54) is 22.2 Å². The molecule has 0 aliphatic carbocycles. The van der Waals surface area contributed by atoms with Crippen LogP contribution in [0.1, 0.15) is 22.5 Å². The fourth-order valence-corrected chi connectivity index (χ4v) is 2.93. The van der Waals surface area contributed by atoms with Gasteiger partial charge in [0.05, 0.1) is 11.0 Å². The highest BCUT2D eigenvalue weighted by Crippen LogP contribution is 2.22. The normalized spacial score (nSPS) is 11.5. The summed E-state index contributed by atoms with van der Waals surface area (Å²) in [4.78, 5) is 7.13. The number of benzene rings is 2. The first-order chi connectivity index (χ1) is 11.4. The molecule has 0 aliphatic heterocycles. The maximum absolute atomic E-state index is 5.80. The zero-order valence-corrected chi connectivity index (χ0v) is 15.0. The van der Waals surface area contributed by atoms with Crippen LogP contribution in [0.2, 0.25) is 0 Å². The molecule has 4 heteroatoms. The number of aryl methyl sites for hydroxylation is 2. The van der Waals surface area contributed by atoms with Gasteiger partial charge in [-0.25, -0.2) is 4.98 Å². The van der Waals surface area contributed by atoms with E-state index in [-0.39, 0.29) is 0 Å². The van der Waals surface area contributed by atoms with Gasteiger partial charge in [-0.2, -0.15) is 0 Å². The molecule has 0 spiro atoms. The highest BCUT2D eigenvalue weighted by molar-refractivity contribution is 5.78. The van der Waals surface area contributed by atoms with E-state index in [1.54, 1.807) is 0 Å². The molecular weight excluding hydrogens is 296 g/mol. The van der Waals surface area contributed by atoms with Crippen LogP contribution in [-0.2, 0) is 13.0 Å².